The van der Waals surface area contributed by atoms with Crippen LogP contribution in [0.2, 0.25) is 0 Å². The zero-order valence-electron chi connectivity index (χ0n) is 13.1. The molecular weight excluding hydrogens is 284 g/mol. The molecule has 0 spiro atoms. The van der Waals surface area contributed by atoms with E-state index in [2.05, 4.69) is 13.2 Å². The van der Waals surface area contributed by atoms with E-state index in [9.17, 15) is 9.59 Å². The predicted molar refractivity (Wildman–Crippen MR) is 83.3 cm³/mol. The van der Waals surface area contributed by atoms with Crippen molar-refractivity contribution in [3.63, 3.8) is 0 Å². The van der Waals surface area contributed by atoms with Crippen LogP contribution in [0.15, 0.2) is 25.3 Å². The Labute approximate surface area is 132 Å². The van der Waals surface area contributed by atoms with Gasteiger partial charge in [-0.25, -0.2) is 9.59 Å². The second-order valence-corrected chi connectivity index (χ2v) is 5.37. The molecule has 0 aromatic carbocycles. The van der Waals surface area contributed by atoms with Crippen LogP contribution in [0.3, 0.4) is 0 Å². The van der Waals surface area contributed by atoms with Gasteiger partial charge in [0.2, 0.25) is 0 Å². The normalized spacial score (nSPS) is 21.2. The highest BCUT2D eigenvalue weighted by atomic mass is 16.6. The van der Waals surface area contributed by atoms with E-state index in [1.165, 1.54) is 25.3 Å². The van der Waals surface area contributed by atoms with E-state index < -0.39 is 0 Å². The average molecular weight is 310 g/mol. The zero-order chi connectivity index (χ0) is 16.2. The number of hydrogen-bond acceptors (Lipinski definition) is 5. The summed E-state index contributed by atoms with van der Waals surface area (Å²) in [6.07, 6.45) is 10.4. The van der Waals surface area contributed by atoms with Crippen molar-refractivity contribution >= 4 is 11.9 Å². The van der Waals surface area contributed by atoms with Gasteiger partial charge in [0.25, 0.3) is 0 Å². The molecule has 1 aliphatic heterocycles. The minimum absolute atomic E-state index is 0.110. The third kappa shape index (κ3) is 7.98. The fraction of sp³-hybridized carbons (Fsp3) is 0.647. The van der Waals surface area contributed by atoms with Gasteiger partial charge in [-0.15, -0.1) is 0 Å². The zero-order valence-corrected chi connectivity index (χ0v) is 13.1. The SMILES string of the molecule is C=CC(=O)OC1CCCCC1.C=CC(=O)OCC1CCCO1. The highest BCUT2D eigenvalue weighted by Crippen LogP contribution is 2.20. The second kappa shape index (κ2) is 11.0. The maximum absolute atomic E-state index is 10.7. The van der Waals surface area contributed by atoms with Gasteiger partial charge in [0.1, 0.15) is 12.7 Å². The fourth-order valence-corrected chi connectivity index (χ4v) is 2.41. The maximum atomic E-state index is 10.7. The summed E-state index contributed by atoms with van der Waals surface area (Å²) in [6, 6.07) is 0. The van der Waals surface area contributed by atoms with Gasteiger partial charge in [-0.1, -0.05) is 19.6 Å². The Bertz CT molecular complexity index is 365. The number of carbonyl (C=O) groups is 2. The molecule has 0 amide bonds. The van der Waals surface area contributed by atoms with Crippen LogP contribution < -0.4 is 0 Å². The number of hydrogen-bond donors (Lipinski definition) is 0. The first-order valence-electron chi connectivity index (χ1n) is 7.89. The molecule has 124 valence electrons. The molecule has 0 bridgehead atoms. The van der Waals surface area contributed by atoms with Crippen molar-refractivity contribution in [1.82, 2.24) is 0 Å². The Morgan fingerprint density at radius 2 is 1.68 bits per heavy atom. The average Bonchev–Trinajstić information content (AvgIpc) is 3.07. The Morgan fingerprint density at radius 1 is 1.00 bits per heavy atom. The molecule has 22 heavy (non-hydrogen) atoms. The molecule has 0 radical (unpaired) electrons. The molecule has 2 fully saturated rings. The van der Waals surface area contributed by atoms with Gasteiger partial charge in [-0.05, 0) is 38.5 Å². The van der Waals surface area contributed by atoms with E-state index >= 15 is 0 Å². The van der Waals surface area contributed by atoms with Crippen molar-refractivity contribution in [2.45, 2.75) is 57.2 Å². The van der Waals surface area contributed by atoms with Crippen LogP contribution in [0.5, 0.6) is 0 Å². The van der Waals surface area contributed by atoms with Gasteiger partial charge in [-0.2, -0.15) is 0 Å². The quantitative estimate of drug-likeness (QED) is 0.577. The molecule has 2 aliphatic rings. The first kappa shape index (κ1) is 18.4. The highest BCUT2D eigenvalue weighted by Gasteiger charge is 2.16. The molecule has 1 heterocycles. The standard InChI is InChI=1S/C9H14O2.C8H12O3/c1-2-9(10)11-8-6-4-3-5-7-8;1-2-8(9)11-6-7-4-3-5-10-7/h2,8H,1,3-7H2;2,7H,1,3-6H2. The van der Waals surface area contributed by atoms with Gasteiger partial charge in [0.05, 0.1) is 6.10 Å². The van der Waals surface area contributed by atoms with Gasteiger partial charge < -0.3 is 14.2 Å². The first-order valence-corrected chi connectivity index (χ1v) is 7.89. The van der Waals surface area contributed by atoms with E-state index in [1.807, 2.05) is 0 Å². The minimum Gasteiger partial charge on any atom is -0.460 e. The molecule has 1 aliphatic carbocycles. The topological polar surface area (TPSA) is 61.8 Å². The summed E-state index contributed by atoms with van der Waals surface area (Å²) in [5.41, 5.74) is 0. The van der Waals surface area contributed by atoms with Crippen LogP contribution >= 0.6 is 0 Å². The van der Waals surface area contributed by atoms with E-state index in [0.29, 0.717) is 6.61 Å². The highest BCUT2D eigenvalue weighted by molar-refractivity contribution is 5.81. The molecule has 1 saturated heterocycles. The van der Waals surface area contributed by atoms with Crippen LogP contribution in [0.25, 0.3) is 0 Å². The molecule has 5 nitrogen and oxygen atoms in total. The fourth-order valence-electron chi connectivity index (χ4n) is 2.41. The van der Waals surface area contributed by atoms with E-state index in [1.54, 1.807) is 0 Å². The monoisotopic (exact) mass is 310 g/mol. The largest absolute Gasteiger partial charge is 0.460 e. The Balaban J connectivity index is 0.000000220. The molecule has 0 aromatic rings. The predicted octanol–water partition coefficient (Wildman–Crippen LogP) is 2.94. The summed E-state index contributed by atoms with van der Waals surface area (Å²) in [4.78, 5) is 21.3. The number of carbonyl (C=O) groups excluding carboxylic acids is 2. The summed E-state index contributed by atoms with van der Waals surface area (Å²) >= 11 is 0. The third-order valence-electron chi connectivity index (χ3n) is 3.60. The molecular formula is C17H26O5. The van der Waals surface area contributed by atoms with Crippen molar-refractivity contribution in [3.8, 4) is 0 Å². The summed E-state index contributed by atoms with van der Waals surface area (Å²) in [5, 5.41) is 0. The molecule has 1 unspecified atom stereocenters. The second-order valence-electron chi connectivity index (χ2n) is 5.37. The van der Waals surface area contributed by atoms with Crippen molar-refractivity contribution < 1.29 is 23.8 Å². The Morgan fingerprint density at radius 3 is 2.23 bits per heavy atom. The van der Waals surface area contributed by atoms with Crippen molar-refractivity contribution in [2.75, 3.05) is 13.2 Å². The van der Waals surface area contributed by atoms with Crippen molar-refractivity contribution in [2.24, 2.45) is 0 Å². The number of rotatable bonds is 5. The summed E-state index contributed by atoms with van der Waals surface area (Å²) in [7, 11) is 0. The number of esters is 2. The van der Waals surface area contributed by atoms with Crippen LogP contribution in [-0.4, -0.2) is 37.4 Å². The minimum atomic E-state index is -0.375. The van der Waals surface area contributed by atoms with E-state index in [-0.39, 0.29) is 24.1 Å². The van der Waals surface area contributed by atoms with Crippen LogP contribution in [-0.2, 0) is 23.8 Å². The van der Waals surface area contributed by atoms with Crippen molar-refractivity contribution in [3.05, 3.63) is 25.3 Å². The van der Waals surface area contributed by atoms with Gasteiger partial charge in [-0.3, -0.25) is 0 Å². The summed E-state index contributed by atoms with van der Waals surface area (Å²) in [6.45, 7) is 7.80. The lowest BCUT2D eigenvalue weighted by Gasteiger charge is -2.20. The van der Waals surface area contributed by atoms with E-state index in [4.69, 9.17) is 14.2 Å². The van der Waals surface area contributed by atoms with Gasteiger partial charge in [0.15, 0.2) is 0 Å². The molecule has 1 atom stereocenters. The Hall–Kier alpha value is -1.62. The van der Waals surface area contributed by atoms with E-state index in [0.717, 1.165) is 38.4 Å². The summed E-state index contributed by atoms with van der Waals surface area (Å²) < 4.78 is 15.1. The first-order chi connectivity index (χ1) is 10.7. The van der Waals surface area contributed by atoms with Gasteiger partial charge in [0, 0.05) is 18.8 Å². The number of ether oxygens (including phenoxy) is 3. The maximum Gasteiger partial charge on any atom is 0.330 e. The molecule has 5 heteroatoms. The third-order valence-corrected chi connectivity index (χ3v) is 3.60. The van der Waals surface area contributed by atoms with Crippen molar-refractivity contribution in [1.29, 1.82) is 0 Å². The van der Waals surface area contributed by atoms with Gasteiger partial charge >= 0.3 is 11.9 Å². The van der Waals surface area contributed by atoms with Crippen LogP contribution in [0, 0.1) is 0 Å². The van der Waals surface area contributed by atoms with Crippen LogP contribution in [0.1, 0.15) is 44.9 Å². The molecule has 0 N–H and O–H groups in total. The lowest BCUT2D eigenvalue weighted by molar-refractivity contribution is -0.144. The summed E-state index contributed by atoms with van der Waals surface area (Å²) in [5.74, 6) is -0.655. The smallest absolute Gasteiger partial charge is 0.330 e. The molecule has 2 rings (SSSR count). The molecule has 1 saturated carbocycles. The Kier molecular flexibility index (Phi) is 9.23. The lowest BCUT2D eigenvalue weighted by atomic mass is 9.98. The van der Waals surface area contributed by atoms with Crippen LogP contribution in [0.4, 0.5) is 0 Å². The molecule has 0 aromatic heterocycles. The lowest BCUT2D eigenvalue weighted by Crippen LogP contribution is -2.19.